The zero-order valence-corrected chi connectivity index (χ0v) is 19.5. The lowest BCUT2D eigenvalue weighted by Crippen LogP contribution is -2.14. The first-order valence-corrected chi connectivity index (χ1v) is 11.4. The summed E-state index contributed by atoms with van der Waals surface area (Å²) in [6, 6.07) is 8.88. The molecule has 0 amide bonds. The highest BCUT2D eigenvalue weighted by atomic mass is 32.2. The lowest BCUT2D eigenvalue weighted by molar-refractivity contribution is -0.134. The molecule has 35 heavy (non-hydrogen) atoms. The van der Waals surface area contributed by atoms with E-state index in [0.717, 1.165) is 3.97 Å². The predicted molar refractivity (Wildman–Crippen MR) is 124 cm³/mol. The van der Waals surface area contributed by atoms with E-state index in [-0.39, 0.29) is 21.7 Å². The van der Waals surface area contributed by atoms with Crippen molar-refractivity contribution in [2.75, 3.05) is 7.05 Å². The number of benzene rings is 1. The van der Waals surface area contributed by atoms with Crippen molar-refractivity contribution in [1.29, 1.82) is 0 Å². The van der Waals surface area contributed by atoms with Crippen molar-refractivity contribution in [3.05, 3.63) is 84.1 Å². The molecule has 0 saturated carbocycles. The Kier molecular flexibility index (Phi) is 9.14. The fourth-order valence-corrected chi connectivity index (χ4v) is 4.31. The molecule has 2 aromatic heterocycles. The number of nitrogens with zero attached hydrogens (tertiary/aromatic N) is 2. The van der Waals surface area contributed by atoms with Gasteiger partial charge in [0.1, 0.15) is 10.7 Å². The maximum Gasteiger partial charge on any atom is 0.328 e. The summed E-state index contributed by atoms with van der Waals surface area (Å²) in [5.74, 6) is -3.69. The minimum atomic E-state index is -3.99. The molecule has 184 valence electrons. The zero-order valence-electron chi connectivity index (χ0n) is 18.7. The number of ketones is 1. The van der Waals surface area contributed by atoms with Gasteiger partial charge in [-0.1, -0.05) is 6.07 Å². The Morgan fingerprint density at radius 1 is 1.11 bits per heavy atom. The molecule has 0 atom stereocenters. The van der Waals surface area contributed by atoms with E-state index in [1.165, 1.54) is 55.8 Å². The van der Waals surface area contributed by atoms with Crippen molar-refractivity contribution in [1.82, 2.24) is 14.3 Å². The third kappa shape index (κ3) is 6.91. The second-order valence-electron chi connectivity index (χ2n) is 6.99. The molecule has 3 N–H and O–H groups in total. The lowest BCUT2D eigenvalue weighted by Gasteiger charge is -2.12. The highest BCUT2D eigenvalue weighted by molar-refractivity contribution is 7.90. The van der Waals surface area contributed by atoms with E-state index in [4.69, 9.17) is 10.2 Å². The van der Waals surface area contributed by atoms with Crippen LogP contribution in [-0.2, 0) is 26.2 Å². The van der Waals surface area contributed by atoms with E-state index in [1.807, 2.05) is 0 Å². The Bertz CT molecular complexity index is 1350. The Morgan fingerprint density at radius 2 is 1.77 bits per heavy atom. The molecule has 0 spiro atoms. The Morgan fingerprint density at radius 3 is 2.29 bits per heavy atom. The number of aromatic nitrogens is 2. The summed E-state index contributed by atoms with van der Waals surface area (Å²) in [6.07, 6.45) is 5.26. The average Bonchev–Trinajstić information content (AvgIpc) is 3.23. The van der Waals surface area contributed by atoms with Crippen LogP contribution in [0.3, 0.4) is 0 Å². The van der Waals surface area contributed by atoms with Gasteiger partial charge < -0.3 is 15.5 Å². The zero-order chi connectivity index (χ0) is 26.2. The SMILES string of the molecule is CNCc1cc(-c2cccc(C(C)=O)c2F)n(S(=O)(=O)c2cccnc2)c1.O=C(O)/C=C/C(=O)O. The molecule has 0 aliphatic carbocycles. The number of carbonyl (C=O) groups excluding carboxylic acids is 1. The molecule has 0 bridgehead atoms. The fourth-order valence-electron chi connectivity index (χ4n) is 2.95. The normalized spacial score (nSPS) is 11.1. The van der Waals surface area contributed by atoms with Gasteiger partial charge in [0.05, 0.1) is 11.3 Å². The predicted octanol–water partition coefficient (Wildman–Crippen LogP) is 2.56. The van der Waals surface area contributed by atoms with Gasteiger partial charge in [-0.15, -0.1) is 0 Å². The Labute approximate surface area is 200 Å². The third-order valence-electron chi connectivity index (χ3n) is 4.44. The van der Waals surface area contributed by atoms with Crippen LogP contribution in [0.2, 0.25) is 0 Å². The lowest BCUT2D eigenvalue weighted by atomic mass is 10.0. The number of hydrogen-bond acceptors (Lipinski definition) is 7. The maximum atomic E-state index is 14.9. The quantitative estimate of drug-likeness (QED) is 0.311. The van der Waals surface area contributed by atoms with E-state index in [9.17, 15) is 27.2 Å². The number of aliphatic carboxylic acids is 2. The molecule has 2 heterocycles. The molecule has 0 radical (unpaired) electrons. The van der Waals surface area contributed by atoms with Crippen molar-refractivity contribution < 1.29 is 37.4 Å². The summed E-state index contributed by atoms with van der Waals surface area (Å²) in [5, 5.41) is 18.6. The molecule has 0 fully saturated rings. The molecule has 1 aromatic carbocycles. The van der Waals surface area contributed by atoms with E-state index < -0.39 is 33.6 Å². The number of hydrogen-bond donors (Lipinski definition) is 3. The van der Waals surface area contributed by atoms with Crippen LogP contribution in [0.1, 0.15) is 22.8 Å². The number of Topliss-reactive ketones (excluding diaryl/α,β-unsaturated/α-hetero) is 1. The van der Waals surface area contributed by atoms with Crippen molar-refractivity contribution in [2.45, 2.75) is 18.4 Å². The number of pyridine rings is 1. The average molecular weight is 504 g/mol. The summed E-state index contributed by atoms with van der Waals surface area (Å²) in [4.78, 5) is 34.6. The van der Waals surface area contributed by atoms with Gasteiger partial charge in [-0.3, -0.25) is 9.78 Å². The molecule has 0 unspecified atom stereocenters. The molecular formula is C23H22FN3O7S. The minimum absolute atomic E-state index is 0.0130. The van der Waals surface area contributed by atoms with Gasteiger partial charge in [0, 0.05) is 42.9 Å². The number of carbonyl (C=O) groups is 3. The molecule has 0 aliphatic rings. The van der Waals surface area contributed by atoms with Gasteiger partial charge in [0.2, 0.25) is 0 Å². The van der Waals surface area contributed by atoms with Crippen LogP contribution in [0.5, 0.6) is 0 Å². The third-order valence-corrected chi connectivity index (χ3v) is 6.09. The van der Waals surface area contributed by atoms with E-state index in [2.05, 4.69) is 10.3 Å². The standard InChI is InChI=1S/C19H18FN3O3S.C4H4O4/c1-13(24)16-6-3-7-17(19(16)20)18-9-14(10-21-2)12-23(18)27(25,26)15-5-4-8-22-11-15;5-3(6)1-2-4(7)8/h3-9,11-12,21H,10H2,1-2H3;1-2H,(H,5,6)(H,7,8)/b;2-1+. The van der Waals surface area contributed by atoms with Crippen LogP contribution in [0.4, 0.5) is 4.39 Å². The molecular weight excluding hydrogens is 481 g/mol. The van der Waals surface area contributed by atoms with Gasteiger partial charge in [-0.05, 0) is 49.9 Å². The number of carboxylic acids is 2. The first-order valence-electron chi connectivity index (χ1n) is 9.94. The maximum absolute atomic E-state index is 14.9. The minimum Gasteiger partial charge on any atom is -0.478 e. The number of nitrogens with one attached hydrogen (secondary N) is 1. The molecule has 12 heteroatoms. The van der Waals surface area contributed by atoms with Crippen LogP contribution in [0, 0.1) is 5.82 Å². The Balaban J connectivity index is 0.000000466. The smallest absolute Gasteiger partial charge is 0.328 e. The van der Waals surface area contributed by atoms with Crippen LogP contribution in [0.25, 0.3) is 11.3 Å². The van der Waals surface area contributed by atoms with Crippen molar-refractivity contribution in [3.8, 4) is 11.3 Å². The van der Waals surface area contributed by atoms with Gasteiger partial charge in [-0.2, -0.15) is 0 Å². The number of rotatable bonds is 8. The topological polar surface area (TPSA) is 156 Å². The summed E-state index contributed by atoms with van der Waals surface area (Å²) in [5.41, 5.74) is 0.754. The highest BCUT2D eigenvalue weighted by Gasteiger charge is 2.24. The summed E-state index contributed by atoms with van der Waals surface area (Å²) >= 11 is 0. The van der Waals surface area contributed by atoms with Crippen LogP contribution < -0.4 is 5.32 Å². The second-order valence-corrected chi connectivity index (χ2v) is 8.80. The molecule has 10 nitrogen and oxygen atoms in total. The van der Waals surface area contributed by atoms with Gasteiger partial charge in [0.25, 0.3) is 10.0 Å². The highest BCUT2D eigenvalue weighted by Crippen LogP contribution is 2.30. The monoisotopic (exact) mass is 503 g/mol. The first kappa shape index (κ1) is 27.1. The summed E-state index contributed by atoms with van der Waals surface area (Å²) < 4.78 is 42.1. The fraction of sp³-hybridized carbons (Fsp3) is 0.130. The van der Waals surface area contributed by atoms with E-state index in [0.29, 0.717) is 24.3 Å². The molecule has 0 aliphatic heterocycles. The van der Waals surface area contributed by atoms with Crippen molar-refractivity contribution >= 4 is 27.7 Å². The number of halogens is 1. The van der Waals surface area contributed by atoms with Gasteiger partial charge >= 0.3 is 11.9 Å². The second kappa shape index (κ2) is 11.8. The molecule has 0 saturated heterocycles. The van der Waals surface area contributed by atoms with E-state index in [1.54, 1.807) is 13.1 Å². The first-order chi connectivity index (χ1) is 16.5. The summed E-state index contributed by atoms with van der Waals surface area (Å²) in [6.45, 7) is 1.66. The summed E-state index contributed by atoms with van der Waals surface area (Å²) in [7, 11) is -2.26. The van der Waals surface area contributed by atoms with Crippen LogP contribution in [0.15, 0.2) is 72.0 Å². The largest absolute Gasteiger partial charge is 0.478 e. The number of carboxylic acid groups (broad SMARTS) is 2. The van der Waals surface area contributed by atoms with E-state index >= 15 is 0 Å². The van der Waals surface area contributed by atoms with Crippen LogP contribution >= 0.6 is 0 Å². The van der Waals surface area contributed by atoms with Crippen LogP contribution in [-0.4, -0.2) is 52.4 Å². The van der Waals surface area contributed by atoms with Crippen molar-refractivity contribution in [3.63, 3.8) is 0 Å². The van der Waals surface area contributed by atoms with Crippen molar-refractivity contribution in [2.24, 2.45) is 0 Å². The van der Waals surface area contributed by atoms with Gasteiger partial charge in [0.15, 0.2) is 5.78 Å². The Hall–Kier alpha value is -4.16. The molecule has 3 aromatic rings. The molecule has 3 rings (SSSR count). The van der Waals surface area contributed by atoms with Gasteiger partial charge in [-0.25, -0.2) is 26.4 Å².